The Hall–Kier alpha value is -2.22. The third-order valence-electron chi connectivity index (χ3n) is 4.46. The third-order valence-corrected chi connectivity index (χ3v) is 4.46. The Kier molecular flexibility index (Phi) is 3.93. The van der Waals surface area contributed by atoms with Crippen molar-refractivity contribution in [3.8, 4) is 17.0 Å². The number of ether oxygens (including phenoxy) is 1. The molecule has 0 aliphatic heterocycles. The van der Waals surface area contributed by atoms with Crippen LogP contribution in [-0.4, -0.2) is 12.1 Å². The van der Waals surface area contributed by atoms with E-state index in [0.29, 0.717) is 0 Å². The number of rotatable bonds is 4. The average molecular weight is 293 g/mol. The van der Waals surface area contributed by atoms with E-state index in [-0.39, 0.29) is 0 Å². The van der Waals surface area contributed by atoms with Gasteiger partial charge in [-0.2, -0.15) is 0 Å². The maximum atomic E-state index is 5.63. The first-order valence-corrected chi connectivity index (χ1v) is 7.97. The van der Waals surface area contributed by atoms with E-state index in [1.807, 2.05) is 0 Å². The summed E-state index contributed by atoms with van der Waals surface area (Å²) < 4.78 is 5.63. The van der Waals surface area contributed by atoms with Gasteiger partial charge in [0.25, 0.3) is 0 Å². The van der Waals surface area contributed by atoms with Crippen molar-refractivity contribution in [1.82, 2.24) is 4.98 Å². The summed E-state index contributed by atoms with van der Waals surface area (Å²) in [5.41, 5.74) is 7.52. The molecule has 114 valence electrons. The van der Waals surface area contributed by atoms with E-state index in [1.165, 1.54) is 38.9 Å². The monoisotopic (exact) mass is 293 g/mol. The maximum Gasteiger partial charge on any atom is 0.125 e. The van der Waals surface area contributed by atoms with E-state index in [4.69, 9.17) is 4.74 Å². The van der Waals surface area contributed by atoms with Crippen molar-refractivity contribution in [2.75, 3.05) is 7.11 Å². The first-order chi connectivity index (χ1) is 10.7. The standard InChI is InChI=1S/C20H23NO/c1-5-14-11-16(12-15(6-2)20(14)22-4)19-13(3)17-9-7-8-10-18(17)21-19/h7-12,21H,5-6H2,1-4H3. The summed E-state index contributed by atoms with van der Waals surface area (Å²) in [5.74, 6) is 1.04. The fourth-order valence-electron chi connectivity index (χ4n) is 3.26. The highest BCUT2D eigenvalue weighted by atomic mass is 16.5. The van der Waals surface area contributed by atoms with Crippen LogP contribution in [0.5, 0.6) is 5.75 Å². The molecule has 0 unspecified atom stereocenters. The number of aromatic nitrogens is 1. The number of para-hydroxylation sites is 1. The van der Waals surface area contributed by atoms with Gasteiger partial charge in [-0.05, 0) is 60.2 Å². The van der Waals surface area contributed by atoms with Gasteiger partial charge < -0.3 is 9.72 Å². The number of fused-ring (bicyclic) bond motifs is 1. The van der Waals surface area contributed by atoms with E-state index in [0.717, 1.165) is 18.6 Å². The van der Waals surface area contributed by atoms with Crippen LogP contribution in [0.15, 0.2) is 36.4 Å². The summed E-state index contributed by atoms with van der Waals surface area (Å²) in [6.45, 7) is 6.55. The van der Waals surface area contributed by atoms with Crippen LogP contribution in [0.4, 0.5) is 0 Å². The molecule has 0 aliphatic carbocycles. The Labute approximate surface area is 132 Å². The molecule has 0 bridgehead atoms. The van der Waals surface area contributed by atoms with E-state index in [9.17, 15) is 0 Å². The van der Waals surface area contributed by atoms with Crippen LogP contribution in [0.2, 0.25) is 0 Å². The van der Waals surface area contributed by atoms with Crippen LogP contribution < -0.4 is 4.74 Å². The lowest BCUT2D eigenvalue weighted by Gasteiger charge is -2.14. The second-order valence-electron chi connectivity index (χ2n) is 5.71. The van der Waals surface area contributed by atoms with Crippen molar-refractivity contribution in [3.63, 3.8) is 0 Å². The highest BCUT2D eigenvalue weighted by molar-refractivity contribution is 5.90. The Bertz CT molecular complexity index is 789. The lowest BCUT2D eigenvalue weighted by Crippen LogP contribution is -1.97. The quantitative estimate of drug-likeness (QED) is 0.696. The van der Waals surface area contributed by atoms with Gasteiger partial charge in [-0.25, -0.2) is 0 Å². The predicted molar refractivity (Wildman–Crippen MR) is 93.8 cm³/mol. The summed E-state index contributed by atoms with van der Waals surface area (Å²) >= 11 is 0. The normalized spacial score (nSPS) is 11.1. The zero-order valence-electron chi connectivity index (χ0n) is 13.8. The molecule has 1 N–H and O–H groups in total. The molecular formula is C20H23NO. The first kappa shape index (κ1) is 14.7. The number of nitrogens with one attached hydrogen (secondary N) is 1. The van der Waals surface area contributed by atoms with E-state index in [2.05, 4.69) is 62.2 Å². The van der Waals surface area contributed by atoms with Crippen LogP contribution in [0.1, 0.15) is 30.5 Å². The fraction of sp³-hybridized carbons (Fsp3) is 0.300. The molecule has 1 aromatic heterocycles. The molecular weight excluding hydrogens is 270 g/mol. The van der Waals surface area contributed by atoms with Crippen LogP contribution in [0.3, 0.4) is 0 Å². The Morgan fingerprint density at radius 3 is 2.18 bits per heavy atom. The van der Waals surface area contributed by atoms with E-state index < -0.39 is 0 Å². The number of H-pyrrole nitrogens is 1. The van der Waals surface area contributed by atoms with Crippen LogP contribution >= 0.6 is 0 Å². The molecule has 0 spiro atoms. The van der Waals surface area contributed by atoms with Gasteiger partial charge in [0.05, 0.1) is 7.11 Å². The number of benzene rings is 2. The van der Waals surface area contributed by atoms with Gasteiger partial charge in [0.15, 0.2) is 0 Å². The van der Waals surface area contributed by atoms with Crippen molar-refractivity contribution in [2.45, 2.75) is 33.6 Å². The second kappa shape index (κ2) is 5.88. The Morgan fingerprint density at radius 1 is 1.00 bits per heavy atom. The van der Waals surface area contributed by atoms with Crippen molar-refractivity contribution in [3.05, 3.63) is 53.1 Å². The smallest absolute Gasteiger partial charge is 0.125 e. The van der Waals surface area contributed by atoms with Crippen molar-refractivity contribution >= 4 is 10.9 Å². The van der Waals surface area contributed by atoms with Crippen molar-refractivity contribution in [1.29, 1.82) is 0 Å². The van der Waals surface area contributed by atoms with Crippen LogP contribution in [0.25, 0.3) is 22.2 Å². The van der Waals surface area contributed by atoms with Gasteiger partial charge in [0, 0.05) is 16.6 Å². The molecule has 2 aromatic carbocycles. The molecule has 0 fully saturated rings. The van der Waals surface area contributed by atoms with Gasteiger partial charge >= 0.3 is 0 Å². The van der Waals surface area contributed by atoms with Gasteiger partial charge in [-0.15, -0.1) is 0 Å². The zero-order valence-corrected chi connectivity index (χ0v) is 13.8. The van der Waals surface area contributed by atoms with Crippen molar-refractivity contribution in [2.24, 2.45) is 0 Å². The number of hydrogen-bond acceptors (Lipinski definition) is 1. The van der Waals surface area contributed by atoms with Crippen LogP contribution in [0, 0.1) is 6.92 Å². The summed E-state index contributed by atoms with van der Waals surface area (Å²) in [4.78, 5) is 3.58. The van der Waals surface area contributed by atoms with E-state index in [1.54, 1.807) is 7.11 Å². The molecule has 22 heavy (non-hydrogen) atoms. The molecule has 1 heterocycles. The minimum absolute atomic E-state index is 0.975. The van der Waals surface area contributed by atoms with Crippen molar-refractivity contribution < 1.29 is 4.74 Å². The van der Waals surface area contributed by atoms with E-state index >= 15 is 0 Å². The molecule has 0 amide bonds. The minimum atomic E-state index is 0.975. The topological polar surface area (TPSA) is 25.0 Å². The van der Waals surface area contributed by atoms with Crippen LogP contribution in [-0.2, 0) is 12.8 Å². The maximum absolute atomic E-state index is 5.63. The van der Waals surface area contributed by atoms with Gasteiger partial charge in [-0.3, -0.25) is 0 Å². The number of aromatic amines is 1. The van der Waals surface area contributed by atoms with Gasteiger partial charge in [0.1, 0.15) is 5.75 Å². The Morgan fingerprint density at radius 2 is 1.64 bits per heavy atom. The van der Waals surface area contributed by atoms with Gasteiger partial charge in [-0.1, -0.05) is 32.0 Å². The summed E-state index contributed by atoms with van der Waals surface area (Å²) in [7, 11) is 1.77. The fourth-order valence-corrected chi connectivity index (χ4v) is 3.26. The zero-order chi connectivity index (χ0) is 15.7. The molecule has 0 atom stereocenters. The molecule has 0 saturated carbocycles. The van der Waals surface area contributed by atoms with Gasteiger partial charge in [0.2, 0.25) is 0 Å². The highest BCUT2D eigenvalue weighted by Gasteiger charge is 2.14. The second-order valence-corrected chi connectivity index (χ2v) is 5.71. The predicted octanol–water partition coefficient (Wildman–Crippen LogP) is 5.28. The first-order valence-electron chi connectivity index (χ1n) is 7.97. The lowest BCUT2D eigenvalue weighted by atomic mass is 9.97. The molecule has 2 nitrogen and oxygen atoms in total. The Balaban J connectivity index is 2.24. The molecule has 3 rings (SSSR count). The summed E-state index contributed by atoms with van der Waals surface area (Å²) in [6.07, 6.45) is 1.95. The average Bonchev–Trinajstić information content (AvgIpc) is 2.90. The molecule has 3 aromatic rings. The summed E-state index contributed by atoms with van der Waals surface area (Å²) in [5, 5.41) is 1.30. The number of hydrogen-bond donors (Lipinski definition) is 1. The molecule has 0 saturated heterocycles. The molecule has 0 aliphatic rings. The number of aryl methyl sites for hydroxylation is 3. The molecule has 2 heteroatoms. The minimum Gasteiger partial charge on any atom is -0.496 e. The highest BCUT2D eigenvalue weighted by Crippen LogP contribution is 2.35. The molecule has 0 radical (unpaired) electrons. The summed E-state index contributed by atoms with van der Waals surface area (Å²) in [6, 6.07) is 13.0. The largest absolute Gasteiger partial charge is 0.496 e. The SMILES string of the molecule is CCc1cc(-c2[nH]c3ccccc3c2C)cc(CC)c1OC. The number of methoxy groups -OCH3 is 1. The third kappa shape index (κ3) is 2.29. The lowest BCUT2D eigenvalue weighted by molar-refractivity contribution is 0.405.